The summed E-state index contributed by atoms with van der Waals surface area (Å²) in [5.74, 6) is -0.0593. The van der Waals surface area contributed by atoms with Crippen LogP contribution in [0.1, 0.15) is 47.0 Å². The average molecular weight is 160 g/mol. The van der Waals surface area contributed by atoms with Crippen LogP contribution in [-0.2, 0) is 9.53 Å². The first-order chi connectivity index (χ1) is 4.81. The number of unbranched alkanes of at least 4 members (excludes halogenated alkanes) is 2. The molecule has 0 aliphatic rings. The van der Waals surface area contributed by atoms with Gasteiger partial charge in [-0.3, -0.25) is 4.79 Å². The molecule has 0 aromatic rings. The molecule has 0 saturated heterocycles. The van der Waals surface area contributed by atoms with Crippen molar-refractivity contribution in [2.75, 3.05) is 6.61 Å². The molecule has 0 heterocycles. The number of carbonyl (C=O) groups excluding carboxylic acids is 1. The SMILES string of the molecule is C.CCCCCC(=O)OCC. The van der Waals surface area contributed by atoms with Crippen LogP contribution < -0.4 is 0 Å². The maximum Gasteiger partial charge on any atom is 0.305 e. The van der Waals surface area contributed by atoms with Gasteiger partial charge >= 0.3 is 5.97 Å². The molecule has 0 bridgehead atoms. The normalized spacial score (nSPS) is 8.55. The highest BCUT2D eigenvalue weighted by molar-refractivity contribution is 5.69. The Morgan fingerprint density at radius 2 is 1.91 bits per heavy atom. The largest absolute Gasteiger partial charge is 0.466 e. The number of esters is 1. The fraction of sp³-hybridized carbons (Fsp3) is 0.889. The highest BCUT2D eigenvalue weighted by Crippen LogP contribution is 1.99. The predicted molar refractivity (Wildman–Crippen MR) is 47.5 cm³/mol. The zero-order valence-corrected chi connectivity index (χ0v) is 6.85. The Kier molecular flexibility index (Phi) is 11.3. The molecule has 0 fully saturated rings. The maximum atomic E-state index is 10.7. The van der Waals surface area contributed by atoms with Crippen molar-refractivity contribution in [2.24, 2.45) is 0 Å². The summed E-state index contributed by atoms with van der Waals surface area (Å²) in [6.07, 6.45) is 3.83. The van der Waals surface area contributed by atoms with Gasteiger partial charge in [0.05, 0.1) is 6.61 Å². The van der Waals surface area contributed by atoms with E-state index in [0.29, 0.717) is 13.0 Å². The summed E-state index contributed by atoms with van der Waals surface area (Å²) in [7, 11) is 0. The summed E-state index contributed by atoms with van der Waals surface area (Å²) in [5, 5.41) is 0. The van der Waals surface area contributed by atoms with E-state index in [1.165, 1.54) is 0 Å². The summed E-state index contributed by atoms with van der Waals surface area (Å²) in [6.45, 7) is 4.45. The molecule has 0 unspecified atom stereocenters. The molecule has 11 heavy (non-hydrogen) atoms. The van der Waals surface area contributed by atoms with Gasteiger partial charge in [0.15, 0.2) is 0 Å². The number of hydrogen-bond acceptors (Lipinski definition) is 2. The van der Waals surface area contributed by atoms with Gasteiger partial charge in [-0.05, 0) is 13.3 Å². The van der Waals surface area contributed by atoms with Crippen molar-refractivity contribution in [3.63, 3.8) is 0 Å². The smallest absolute Gasteiger partial charge is 0.305 e. The molecular weight excluding hydrogens is 140 g/mol. The lowest BCUT2D eigenvalue weighted by Crippen LogP contribution is -2.02. The van der Waals surface area contributed by atoms with Crippen molar-refractivity contribution in [1.29, 1.82) is 0 Å². The Morgan fingerprint density at radius 1 is 1.27 bits per heavy atom. The third-order valence-electron chi connectivity index (χ3n) is 1.29. The van der Waals surface area contributed by atoms with E-state index in [9.17, 15) is 4.79 Å². The summed E-state index contributed by atoms with van der Waals surface area (Å²) < 4.78 is 4.75. The Hall–Kier alpha value is -0.530. The van der Waals surface area contributed by atoms with Crippen molar-refractivity contribution in [1.82, 2.24) is 0 Å². The first-order valence-corrected chi connectivity index (χ1v) is 3.96. The molecule has 2 heteroatoms. The molecule has 2 nitrogen and oxygen atoms in total. The zero-order chi connectivity index (χ0) is 7.82. The molecule has 68 valence electrons. The summed E-state index contributed by atoms with van der Waals surface area (Å²) in [6, 6.07) is 0. The fourth-order valence-electron chi connectivity index (χ4n) is 0.752. The molecule has 0 aromatic carbocycles. The fourth-order valence-corrected chi connectivity index (χ4v) is 0.752. The summed E-state index contributed by atoms with van der Waals surface area (Å²) >= 11 is 0. The molecule has 0 spiro atoms. The van der Waals surface area contributed by atoms with Crippen LogP contribution in [0, 0.1) is 0 Å². The van der Waals surface area contributed by atoms with Crippen LogP contribution in [0.2, 0.25) is 0 Å². The van der Waals surface area contributed by atoms with Crippen LogP contribution in [0.5, 0.6) is 0 Å². The molecule has 0 N–H and O–H groups in total. The van der Waals surface area contributed by atoms with E-state index in [-0.39, 0.29) is 13.4 Å². The van der Waals surface area contributed by atoms with E-state index in [1.54, 1.807) is 0 Å². The molecule has 0 amide bonds. The number of rotatable bonds is 5. The molecule has 0 saturated carbocycles. The molecule has 0 radical (unpaired) electrons. The summed E-state index contributed by atoms with van der Waals surface area (Å²) in [5.41, 5.74) is 0. The van der Waals surface area contributed by atoms with E-state index >= 15 is 0 Å². The maximum absolute atomic E-state index is 10.7. The molecule has 0 aliphatic heterocycles. The zero-order valence-electron chi connectivity index (χ0n) is 6.85. The van der Waals surface area contributed by atoms with Gasteiger partial charge in [-0.1, -0.05) is 27.2 Å². The topological polar surface area (TPSA) is 26.3 Å². The minimum absolute atomic E-state index is 0. The standard InChI is InChI=1S/C8H16O2.CH4/c1-3-5-6-7-8(9)10-4-2;/h3-7H2,1-2H3;1H4. The minimum Gasteiger partial charge on any atom is -0.466 e. The lowest BCUT2D eigenvalue weighted by molar-refractivity contribution is -0.143. The van der Waals surface area contributed by atoms with Crippen LogP contribution in [0.3, 0.4) is 0 Å². The van der Waals surface area contributed by atoms with Gasteiger partial charge in [0, 0.05) is 6.42 Å². The average Bonchev–Trinajstić information content (AvgIpc) is 1.89. The number of hydrogen-bond donors (Lipinski definition) is 0. The van der Waals surface area contributed by atoms with E-state index in [1.807, 2.05) is 6.92 Å². The van der Waals surface area contributed by atoms with E-state index in [0.717, 1.165) is 19.3 Å². The quantitative estimate of drug-likeness (QED) is 0.456. The monoisotopic (exact) mass is 160 g/mol. The van der Waals surface area contributed by atoms with E-state index in [2.05, 4.69) is 6.92 Å². The van der Waals surface area contributed by atoms with E-state index in [4.69, 9.17) is 4.74 Å². The van der Waals surface area contributed by atoms with Crippen LogP contribution in [0.15, 0.2) is 0 Å². The molecule has 0 aromatic heterocycles. The first-order valence-electron chi connectivity index (χ1n) is 3.96. The second kappa shape index (κ2) is 9.47. The van der Waals surface area contributed by atoms with Crippen LogP contribution in [0.25, 0.3) is 0 Å². The second-order valence-electron chi connectivity index (χ2n) is 2.26. The first kappa shape index (κ1) is 13.1. The lowest BCUT2D eigenvalue weighted by atomic mass is 10.2. The van der Waals surface area contributed by atoms with Crippen LogP contribution in [0.4, 0.5) is 0 Å². The van der Waals surface area contributed by atoms with Crippen molar-refractivity contribution in [3.8, 4) is 0 Å². The highest BCUT2D eigenvalue weighted by atomic mass is 16.5. The van der Waals surface area contributed by atoms with Gasteiger partial charge in [-0.2, -0.15) is 0 Å². The van der Waals surface area contributed by atoms with Crippen molar-refractivity contribution < 1.29 is 9.53 Å². The Balaban J connectivity index is 0. The van der Waals surface area contributed by atoms with Crippen molar-refractivity contribution in [2.45, 2.75) is 47.0 Å². The predicted octanol–water partition coefficient (Wildman–Crippen LogP) is 2.77. The Labute approximate surface area is 69.9 Å². The van der Waals surface area contributed by atoms with Gasteiger partial charge < -0.3 is 4.74 Å². The molecular formula is C9H20O2. The summed E-state index contributed by atoms with van der Waals surface area (Å²) in [4.78, 5) is 10.7. The highest BCUT2D eigenvalue weighted by Gasteiger charge is 1.98. The van der Waals surface area contributed by atoms with Crippen LogP contribution >= 0.6 is 0 Å². The number of ether oxygens (including phenoxy) is 1. The van der Waals surface area contributed by atoms with Gasteiger partial charge in [0.1, 0.15) is 0 Å². The minimum atomic E-state index is -0.0593. The molecule has 0 rings (SSSR count). The number of carbonyl (C=O) groups is 1. The lowest BCUT2D eigenvalue weighted by Gasteiger charge is -1.99. The van der Waals surface area contributed by atoms with Crippen molar-refractivity contribution >= 4 is 5.97 Å². The Bertz CT molecular complexity index is 89.6. The molecule has 0 atom stereocenters. The third-order valence-corrected chi connectivity index (χ3v) is 1.29. The van der Waals surface area contributed by atoms with Gasteiger partial charge in [-0.15, -0.1) is 0 Å². The third kappa shape index (κ3) is 9.47. The van der Waals surface area contributed by atoms with Gasteiger partial charge in [0.2, 0.25) is 0 Å². The van der Waals surface area contributed by atoms with Gasteiger partial charge in [0.25, 0.3) is 0 Å². The molecule has 0 aliphatic carbocycles. The van der Waals surface area contributed by atoms with Gasteiger partial charge in [-0.25, -0.2) is 0 Å². The van der Waals surface area contributed by atoms with Crippen LogP contribution in [-0.4, -0.2) is 12.6 Å². The van der Waals surface area contributed by atoms with E-state index < -0.39 is 0 Å². The Morgan fingerprint density at radius 3 is 2.36 bits per heavy atom. The second-order valence-corrected chi connectivity index (χ2v) is 2.26. The van der Waals surface area contributed by atoms with Crippen molar-refractivity contribution in [3.05, 3.63) is 0 Å².